The van der Waals surface area contributed by atoms with Crippen LogP contribution in [0.4, 0.5) is 16.2 Å². The van der Waals surface area contributed by atoms with Gasteiger partial charge in [0.25, 0.3) is 5.78 Å². The Hall–Kier alpha value is -4.33. The van der Waals surface area contributed by atoms with Crippen molar-refractivity contribution < 1.29 is 23.9 Å². The first-order valence-electron chi connectivity index (χ1n) is 10.2. The van der Waals surface area contributed by atoms with Gasteiger partial charge in [0, 0.05) is 6.42 Å². The van der Waals surface area contributed by atoms with E-state index in [2.05, 4.69) is 20.3 Å². The zero-order chi connectivity index (χ0) is 23.5. The van der Waals surface area contributed by atoms with Crippen LogP contribution < -0.4 is 5.32 Å². The van der Waals surface area contributed by atoms with E-state index in [1.165, 1.54) is 0 Å². The highest BCUT2D eigenvalue weighted by Crippen LogP contribution is 2.18. The molecule has 3 aromatic rings. The number of rotatable bonds is 9. The molecular weight excluding hydrogens is 422 g/mol. The van der Waals surface area contributed by atoms with Crippen LogP contribution in [-0.4, -0.2) is 31.0 Å². The first-order valence-corrected chi connectivity index (χ1v) is 10.2. The number of nitrogens with one attached hydrogen (secondary N) is 1. The lowest BCUT2D eigenvalue weighted by Crippen LogP contribution is -2.45. The van der Waals surface area contributed by atoms with Crippen molar-refractivity contribution in [1.82, 2.24) is 5.32 Å². The van der Waals surface area contributed by atoms with Crippen LogP contribution in [0.25, 0.3) is 0 Å². The van der Waals surface area contributed by atoms with Gasteiger partial charge < -0.3 is 14.8 Å². The number of hydrogen-bond acceptors (Lipinski definition) is 7. The lowest BCUT2D eigenvalue weighted by atomic mass is 10.0. The van der Waals surface area contributed by atoms with E-state index in [9.17, 15) is 14.4 Å². The largest absolute Gasteiger partial charge is 0.463 e. The van der Waals surface area contributed by atoms with Crippen molar-refractivity contribution in [2.24, 2.45) is 10.2 Å². The van der Waals surface area contributed by atoms with Crippen LogP contribution >= 0.6 is 0 Å². The van der Waals surface area contributed by atoms with Crippen molar-refractivity contribution in [1.29, 1.82) is 0 Å². The SMILES string of the molecule is COC(=O)C(=O)[C@H](Cc1ccccc1)NC(=O)OCc1ccc(N=Nc2ccccc2)cc1. The first kappa shape index (κ1) is 23.3. The summed E-state index contributed by atoms with van der Waals surface area (Å²) in [6.07, 6.45) is -0.689. The summed E-state index contributed by atoms with van der Waals surface area (Å²) >= 11 is 0. The van der Waals surface area contributed by atoms with Crippen molar-refractivity contribution >= 4 is 29.2 Å². The zero-order valence-corrected chi connectivity index (χ0v) is 18.0. The molecule has 3 aromatic carbocycles. The number of benzene rings is 3. The van der Waals surface area contributed by atoms with Crippen molar-refractivity contribution in [3.05, 3.63) is 96.1 Å². The third-order valence-electron chi connectivity index (χ3n) is 4.62. The number of esters is 1. The fraction of sp³-hybridized carbons (Fsp3) is 0.160. The van der Waals surface area contributed by atoms with Crippen molar-refractivity contribution in [3.8, 4) is 0 Å². The maximum absolute atomic E-state index is 12.3. The first-order chi connectivity index (χ1) is 16.0. The lowest BCUT2D eigenvalue weighted by molar-refractivity contribution is -0.152. The van der Waals surface area contributed by atoms with Gasteiger partial charge in [0.15, 0.2) is 0 Å². The van der Waals surface area contributed by atoms with E-state index in [0.717, 1.165) is 23.9 Å². The molecule has 0 saturated heterocycles. The van der Waals surface area contributed by atoms with Gasteiger partial charge in [0.1, 0.15) is 12.6 Å². The van der Waals surface area contributed by atoms with Gasteiger partial charge in [0.2, 0.25) is 0 Å². The van der Waals surface area contributed by atoms with Gasteiger partial charge >= 0.3 is 12.1 Å². The number of carbonyl (C=O) groups excluding carboxylic acids is 3. The predicted molar refractivity (Wildman–Crippen MR) is 121 cm³/mol. The monoisotopic (exact) mass is 445 g/mol. The third-order valence-corrected chi connectivity index (χ3v) is 4.62. The Labute approximate surface area is 191 Å². The minimum Gasteiger partial charge on any atom is -0.463 e. The second-order valence-electron chi connectivity index (χ2n) is 7.02. The highest BCUT2D eigenvalue weighted by Gasteiger charge is 2.28. The standard InChI is InChI=1S/C25H23N3O5/c1-32-24(30)23(29)22(16-18-8-4-2-5-9-18)26-25(31)33-17-19-12-14-21(15-13-19)28-27-20-10-6-3-7-11-20/h2-15,22H,16-17H2,1H3,(H,26,31)/t22-/m0/s1. The van der Waals surface area contributed by atoms with Gasteiger partial charge in [-0.25, -0.2) is 9.59 Å². The van der Waals surface area contributed by atoms with Crippen LogP contribution in [0.2, 0.25) is 0 Å². The summed E-state index contributed by atoms with van der Waals surface area (Å²) in [6.45, 7) is -0.0214. The Kier molecular flexibility index (Phi) is 8.41. The van der Waals surface area contributed by atoms with Crippen molar-refractivity contribution in [2.45, 2.75) is 19.1 Å². The highest BCUT2D eigenvalue weighted by atomic mass is 16.5. The molecule has 0 aliphatic carbocycles. The van der Waals surface area contributed by atoms with Crippen LogP contribution in [0.3, 0.4) is 0 Å². The van der Waals surface area contributed by atoms with E-state index in [1.807, 2.05) is 36.4 Å². The quantitative estimate of drug-likeness (QED) is 0.292. The van der Waals surface area contributed by atoms with Gasteiger partial charge in [-0.05, 0) is 35.4 Å². The molecule has 0 bridgehead atoms. The van der Waals surface area contributed by atoms with Gasteiger partial charge in [-0.3, -0.25) is 4.79 Å². The average molecular weight is 445 g/mol. The molecule has 8 heteroatoms. The van der Waals surface area contributed by atoms with Crippen LogP contribution in [0.5, 0.6) is 0 Å². The molecule has 0 aliphatic heterocycles. The summed E-state index contributed by atoms with van der Waals surface area (Å²) in [5.74, 6) is -1.89. The van der Waals surface area contributed by atoms with Crippen LogP contribution in [0.15, 0.2) is 95.2 Å². The van der Waals surface area contributed by atoms with E-state index < -0.39 is 23.9 Å². The van der Waals surface area contributed by atoms with Gasteiger partial charge in [0.05, 0.1) is 18.5 Å². The van der Waals surface area contributed by atoms with Gasteiger partial charge in [-0.15, -0.1) is 0 Å². The number of azo groups is 1. The molecule has 0 radical (unpaired) electrons. The van der Waals surface area contributed by atoms with Crippen LogP contribution in [0, 0.1) is 0 Å². The number of ketones is 1. The maximum Gasteiger partial charge on any atom is 0.408 e. The lowest BCUT2D eigenvalue weighted by Gasteiger charge is -2.16. The molecule has 0 spiro atoms. The Morgan fingerprint density at radius 3 is 1.97 bits per heavy atom. The summed E-state index contributed by atoms with van der Waals surface area (Å²) in [5, 5.41) is 10.8. The van der Waals surface area contributed by atoms with Crippen LogP contribution in [-0.2, 0) is 32.1 Å². The number of ether oxygens (including phenoxy) is 2. The second-order valence-corrected chi connectivity index (χ2v) is 7.02. The summed E-state index contributed by atoms with van der Waals surface area (Å²) in [6, 6.07) is 24.3. The average Bonchev–Trinajstić information content (AvgIpc) is 2.86. The molecule has 0 heterocycles. The second kappa shape index (κ2) is 11.9. The van der Waals surface area contributed by atoms with E-state index in [-0.39, 0.29) is 13.0 Å². The fourth-order valence-corrected chi connectivity index (χ4v) is 2.90. The minimum atomic E-state index is -1.10. The molecular formula is C25H23N3O5. The van der Waals surface area contributed by atoms with Gasteiger partial charge in [-0.1, -0.05) is 60.7 Å². The topological polar surface area (TPSA) is 106 Å². The van der Waals surface area contributed by atoms with E-state index in [4.69, 9.17) is 4.74 Å². The minimum absolute atomic E-state index is 0.0214. The van der Waals surface area contributed by atoms with Gasteiger partial charge in [-0.2, -0.15) is 10.2 Å². The molecule has 1 atom stereocenters. The smallest absolute Gasteiger partial charge is 0.408 e. The number of alkyl carbamates (subject to hydrolysis) is 1. The molecule has 0 saturated carbocycles. The molecule has 8 nitrogen and oxygen atoms in total. The van der Waals surface area contributed by atoms with Crippen molar-refractivity contribution in [2.75, 3.05) is 7.11 Å². The zero-order valence-electron chi connectivity index (χ0n) is 18.0. The molecule has 3 rings (SSSR count). The molecule has 1 amide bonds. The number of carbonyl (C=O) groups is 3. The molecule has 0 aromatic heterocycles. The Morgan fingerprint density at radius 2 is 1.36 bits per heavy atom. The molecule has 1 N–H and O–H groups in total. The molecule has 0 fully saturated rings. The highest BCUT2D eigenvalue weighted by molar-refractivity contribution is 6.36. The number of amides is 1. The summed E-state index contributed by atoms with van der Waals surface area (Å²) in [5.41, 5.74) is 2.90. The van der Waals surface area contributed by atoms with Crippen LogP contribution in [0.1, 0.15) is 11.1 Å². The molecule has 0 aliphatic rings. The molecule has 0 unspecified atom stereocenters. The van der Waals surface area contributed by atoms with E-state index in [1.54, 1.807) is 48.5 Å². The number of hydrogen-bond donors (Lipinski definition) is 1. The van der Waals surface area contributed by atoms with E-state index in [0.29, 0.717) is 5.69 Å². The number of Topliss-reactive ketones (excluding diaryl/α,β-unsaturated/α-hetero) is 1. The molecule has 168 valence electrons. The Bertz CT molecular complexity index is 1100. The number of nitrogens with zero attached hydrogens (tertiary/aromatic N) is 2. The summed E-state index contributed by atoms with van der Waals surface area (Å²) < 4.78 is 9.72. The Balaban J connectivity index is 1.56. The summed E-state index contributed by atoms with van der Waals surface area (Å²) in [4.78, 5) is 36.3. The third kappa shape index (κ3) is 7.39. The van der Waals surface area contributed by atoms with Crippen molar-refractivity contribution in [3.63, 3.8) is 0 Å². The van der Waals surface area contributed by atoms with E-state index >= 15 is 0 Å². The fourth-order valence-electron chi connectivity index (χ4n) is 2.90. The molecule has 33 heavy (non-hydrogen) atoms. The summed E-state index contributed by atoms with van der Waals surface area (Å²) in [7, 11) is 1.11. The normalized spacial score (nSPS) is 11.5. The number of methoxy groups -OCH3 is 1. The predicted octanol–water partition coefficient (Wildman–Crippen LogP) is 4.68. The maximum atomic E-state index is 12.3. The Morgan fingerprint density at radius 1 is 0.788 bits per heavy atom.